The molecule has 0 radical (unpaired) electrons. The normalized spacial score (nSPS) is 21.5. The Morgan fingerprint density at radius 2 is 2.07 bits per heavy atom. The summed E-state index contributed by atoms with van der Waals surface area (Å²) in [5, 5.41) is 9.09. The van der Waals surface area contributed by atoms with Crippen LogP contribution < -0.4 is 5.73 Å². The molecule has 82 valence electrons. The van der Waals surface area contributed by atoms with E-state index in [0.29, 0.717) is 0 Å². The second-order valence-electron chi connectivity index (χ2n) is 5.03. The van der Waals surface area contributed by atoms with Crippen LogP contribution in [0.2, 0.25) is 0 Å². The lowest BCUT2D eigenvalue weighted by molar-refractivity contribution is -0.158. The largest absolute Gasteiger partial charge is 0.459 e. The standard InChI is InChI=1S/C10H19NO3/c1-9(2,3)14-8(13)7(11)10(6-12)4-5-10/h7,12H,4-6,11H2,1-3H3. The second-order valence-corrected chi connectivity index (χ2v) is 5.03. The van der Waals surface area contributed by atoms with Crippen molar-refractivity contribution in [1.29, 1.82) is 0 Å². The first-order valence-corrected chi connectivity index (χ1v) is 4.90. The van der Waals surface area contributed by atoms with Gasteiger partial charge in [0.2, 0.25) is 0 Å². The van der Waals surface area contributed by atoms with E-state index in [4.69, 9.17) is 15.6 Å². The maximum absolute atomic E-state index is 11.5. The first kappa shape index (κ1) is 11.5. The van der Waals surface area contributed by atoms with Crippen LogP contribution in [0.4, 0.5) is 0 Å². The minimum atomic E-state index is -0.688. The van der Waals surface area contributed by atoms with Crippen LogP contribution in [0.5, 0.6) is 0 Å². The molecule has 1 aliphatic carbocycles. The van der Waals surface area contributed by atoms with Crippen molar-refractivity contribution in [2.75, 3.05) is 6.61 Å². The van der Waals surface area contributed by atoms with E-state index in [1.165, 1.54) is 0 Å². The van der Waals surface area contributed by atoms with Crippen molar-refractivity contribution >= 4 is 5.97 Å². The SMILES string of the molecule is CC(C)(C)OC(=O)C(N)C1(CO)CC1. The van der Waals surface area contributed by atoms with Gasteiger partial charge in [-0.3, -0.25) is 4.79 Å². The highest BCUT2D eigenvalue weighted by molar-refractivity contribution is 5.77. The first-order chi connectivity index (χ1) is 6.31. The molecule has 0 aromatic heterocycles. The van der Waals surface area contributed by atoms with Crippen LogP contribution in [0.15, 0.2) is 0 Å². The molecule has 0 amide bonds. The summed E-state index contributed by atoms with van der Waals surface area (Å²) in [5.74, 6) is -0.413. The van der Waals surface area contributed by atoms with Crippen LogP contribution in [0.1, 0.15) is 33.6 Å². The third-order valence-corrected chi connectivity index (χ3v) is 2.53. The maximum Gasteiger partial charge on any atom is 0.324 e. The quantitative estimate of drug-likeness (QED) is 0.649. The first-order valence-electron chi connectivity index (χ1n) is 4.90. The summed E-state index contributed by atoms with van der Waals surface area (Å²) >= 11 is 0. The minimum absolute atomic E-state index is 0.0343. The molecule has 3 N–H and O–H groups in total. The van der Waals surface area contributed by atoms with Gasteiger partial charge in [0, 0.05) is 5.41 Å². The fourth-order valence-electron chi connectivity index (χ4n) is 1.34. The Hall–Kier alpha value is -0.610. The Balaban J connectivity index is 2.53. The van der Waals surface area contributed by atoms with Crippen molar-refractivity contribution in [3.8, 4) is 0 Å². The van der Waals surface area contributed by atoms with Crippen molar-refractivity contribution in [3.63, 3.8) is 0 Å². The van der Waals surface area contributed by atoms with Gasteiger partial charge in [0.15, 0.2) is 0 Å². The van der Waals surface area contributed by atoms with Gasteiger partial charge in [-0.15, -0.1) is 0 Å². The number of esters is 1. The lowest BCUT2D eigenvalue weighted by atomic mass is 9.98. The van der Waals surface area contributed by atoms with Crippen LogP contribution in [-0.4, -0.2) is 29.3 Å². The summed E-state index contributed by atoms with van der Waals surface area (Å²) in [7, 11) is 0. The molecule has 1 aliphatic rings. The molecule has 4 nitrogen and oxygen atoms in total. The average Bonchev–Trinajstić information content (AvgIpc) is 2.80. The molecule has 1 atom stereocenters. The highest BCUT2D eigenvalue weighted by atomic mass is 16.6. The summed E-state index contributed by atoms with van der Waals surface area (Å²) < 4.78 is 5.15. The molecule has 0 saturated heterocycles. The zero-order chi connectivity index (χ0) is 11.0. The molecule has 1 saturated carbocycles. The fraction of sp³-hybridized carbons (Fsp3) is 0.900. The number of rotatable bonds is 3. The summed E-state index contributed by atoms with van der Waals surface area (Å²) in [6, 6.07) is -0.688. The minimum Gasteiger partial charge on any atom is -0.459 e. The molecule has 1 fully saturated rings. The van der Waals surface area contributed by atoms with Crippen LogP contribution in [0, 0.1) is 5.41 Å². The Labute approximate surface area is 84.4 Å². The van der Waals surface area contributed by atoms with Gasteiger partial charge < -0.3 is 15.6 Å². The zero-order valence-electron chi connectivity index (χ0n) is 9.04. The number of aliphatic hydroxyl groups is 1. The topological polar surface area (TPSA) is 72.5 Å². The summed E-state index contributed by atoms with van der Waals surface area (Å²) in [6.07, 6.45) is 1.62. The van der Waals surface area contributed by atoms with Crippen molar-refractivity contribution < 1.29 is 14.6 Å². The van der Waals surface area contributed by atoms with Crippen molar-refractivity contribution in [1.82, 2.24) is 0 Å². The van der Waals surface area contributed by atoms with Gasteiger partial charge in [0.1, 0.15) is 11.6 Å². The molecule has 0 aromatic carbocycles. The molecule has 4 heteroatoms. The van der Waals surface area contributed by atoms with Gasteiger partial charge >= 0.3 is 5.97 Å². The molecule has 1 rings (SSSR count). The summed E-state index contributed by atoms with van der Waals surface area (Å²) in [4.78, 5) is 11.5. The molecule has 0 heterocycles. The van der Waals surface area contributed by atoms with Crippen molar-refractivity contribution in [2.45, 2.75) is 45.3 Å². The van der Waals surface area contributed by atoms with Crippen LogP contribution in [0.25, 0.3) is 0 Å². The maximum atomic E-state index is 11.5. The number of aliphatic hydroxyl groups excluding tert-OH is 1. The molecule has 1 unspecified atom stereocenters. The van der Waals surface area contributed by atoms with E-state index in [1.807, 2.05) is 0 Å². The van der Waals surface area contributed by atoms with Crippen LogP contribution in [-0.2, 0) is 9.53 Å². The zero-order valence-corrected chi connectivity index (χ0v) is 9.04. The second kappa shape index (κ2) is 3.51. The number of hydrogen-bond acceptors (Lipinski definition) is 4. The molecule has 0 aromatic rings. The van der Waals surface area contributed by atoms with E-state index < -0.39 is 23.0 Å². The number of carbonyl (C=O) groups is 1. The highest BCUT2D eigenvalue weighted by Crippen LogP contribution is 2.47. The van der Waals surface area contributed by atoms with Crippen molar-refractivity contribution in [2.24, 2.45) is 11.1 Å². The molecule has 0 bridgehead atoms. The van der Waals surface area contributed by atoms with Gasteiger partial charge in [-0.25, -0.2) is 0 Å². The van der Waals surface area contributed by atoms with Gasteiger partial charge in [-0.2, -0.15) is 0 Å². The third-order valence-electron chi connectivity index (χ3n) is 2.53. The lowest BCUT2D eigenvalue weighted by Gasteiger charge is -2.25. The average molecular weight is 201 g/mol. The Morgan fingerprint density at radius 3 is 2.36 bits per heavy atom. The summed E-state index contributed by atoms with van der Waals surface area (Å²) in [6.45, 7) is 5.37. The Kier molecular flexibility index (Phi) is 2.88. The molecule has 0 aliphatic heterocycles. The molecular formula is C10H19NO3. The number of carbonyl (C=O) groups excluding carboxylic acids is 1. The van der Waals surface area contributed by atoms with E-state index in [9.17, 15) is 4.79 Å². The summed E-state index contributed by atoms with van der Waals surface area (Å²) in [5.41, 5.74) is 4.83. The van der Waals surface area contributed by atoms with Crippen LogP contribution >= 0.6 is 0 Å². The van der Waals surface area contributed by atoms with E-state index >= 15 is 0 Å². The van der Waals surface area contributed by atoms with Gasteiger partial charge in [0.05, 0.1) is 6.61 Å². The number of ether oxygens (including phenoxy) is 1. The van der Waals surface area contributed by atoms with E-state index in [0.717, 1.165) is 12.8 Å². The van der Waals surface area contributed by atoms with E-state index in [-0.39, 0.29) is 6.61 Å². The molecular weight excluding hydrogens is 182 g/mol. The smallest absolute Gasteiger partial charge is 0.324 e. The van der Waals surface area contributed by atoms with E-state index in [2.05, 4.69) is 0 Å². The molecule has 14 heavy (non-hydrogen) atoms. The predicted octanol–water partition coefficient (Wildman–Crippen LogP) is 0.428. The van der Waals surface area contributed by atoms with E-state index in [1.54, 1.807) is 20.8 Å². The Morgan fingerprint density at radius 1 is 1.57 bits per heavy atom. The van der Waals surface area contributed by atoms with Gasteiger partial charge in [-0.05, 0) is 33.6 Å². The van der Waals surface area contributed by atoms with Gasteiger partial charge in [0.25, 0.3) is 0 Å². The monoisotopic (exact) mass is 201 g/mol. The lowest BCUT2D eigenvalue weighted by Crippen LogP contribution is -2.45. The van der Waals surface area contributed by atoms with Crippen molar-refractivity contribution in [3.05, 3.63) is 0 Å². The predicted molar refractivity (Wildman–Crippen MR) is 52.6 cm³/mol. The van der Waals surface area contributed by atoms with Crippen LogP contribution in [0.3, 0.4) is 0 Å². The third kappa shape index (κ3) is 2.45. The number of nitrogens with two attached hydrogens (primary N) is 1. The molecule has 0 spiro atoms. The Bertz CT molecular complexity index is 228. The number of hydrogen-bond donors (Lipinski definition) is 2. The van der Waals surface area contributed by atoms with Gasteiger partial charge in [-0.1, -0.05) is 0 Å². The highest BCUT2D eigenvalue weighted by Gasteiger charge is 2.51. The fourth-order valence-corrected chi connectivity index (χ4v) is 1.34.